The fourth-order valence-electron chi connectivity index (χ4n) is 2.36. The lowest BCUT2D eigenvalue weighted by Gasteiger charge is -2.22. The van der Waals surface area contributed by atoms with Gasteiger partial charge in [0, 0.05) is 28.8 Å². The number of rotatable bonds is 3. The van der Waals surface area contributed by atoms with Crippen LogP contribution in [0.4, 0.5) is 5.69 Å². The fourth-order valence-corrected chi connectivity index (χ4v) is 3.27. The Labute approximate surface area is 126 Å². The number of thiocarbonyl (C=S) groups is 1. The Balaban J connectivity index is 2.27. The van der Waals surface area contributed by atoms with E-state index in [0.29, 0.717) is 11.5 Å². The van der Waals surface area contributed by atoms with Crippen LogP contribution >= 0.6 is 28.1 Å². The third-order valence-electron chi connectivity index (χ3n) is 3.30. The number of benzene rings is 1. The molecule has 1 saturated heterocycles. The van der Waals surface area contributed by atoms with Gasteiger partial charge in [0.15, 0.2) is 0 Å². The van der Waals surface area contributed by atoms with Gasteiger partial charge in [-0.05, 0) is 34.5 Å². The van der Waals surface area contributed by atoms with E-state index >= 15 is 0 Å². The molecule has 0 aromatic heterocycles. The van der Waals surface area contributed by atoms with Crippen LogP contribution in [0.15, 0.2) is 22.7 Å². The van der Waals surface area contributed by atoms with Gasteiger partial charge < -0.3 is 15.4 Å². The average molecular weight is 343 g/mol. The fraction of sp³-hybridized carbons (Fsp3) is 0.385. The Morgan fingerprint density at radius 2 is 2.32 bits per heavy atom. The van der Waals surface area contributed by atoms with Gasteiger partial charge in [-0.15, -0.1) is 0 Å². The molecule has 1 aromatic carbocycles. The van der Waals surface area contributed by atoms with Crippen LogP contribution in [0.2, 0.25) is 0 Å². The van der Waals surface area contributed by atoms with Crippen molar-refractivity contribution in [2.24, 2.45) is 11.7 Å². The normalized spacial score (nSPS) is 18.4. The second-order valence-electron chi connectivity index (χ2n) is 4.45. The Morgan fingerprint density at radius 1 is 1.58 bits per heavy atom. The molecule has 0 spiro atoms. The molecule has 0 saturated carbocycles. The van der Waals surface area contributed by atoms with E-state index in [-0.39, 0.29) is 11.9 Å². The lowest BCUT2D eigenvalue weighted by Crippen LogP contribution is -2.26. The molecule has 0 bridgehead atoms. The molecule has 102 valence electrons. The maximum atomic E-state index is 11.6. The zero-order valence-electron chi connectivity index (χ0n) is 10.6. The summed E-state index contributed by atoms with van der Waals surface area (Å²) in [4.78, 5) is 14.0. The number of halogens is 1. The van der Waals surface area contributed by atoms with E-state index in [2.05, 4.69) is 20.8 Å². The molecule has 6 heteroatoms. The van der Waals surface area contributed by atoms with Crippen LogP contribution in [0, 0.1) is 5.92 Å². The topological polar surface area (TPSA) is 55.6 Å². The molecule has 0 radical (unpaired) electrons. The highest BCUT2D eigenvalue weighted by molar-refractivity contribution is 9.10. The van der Waals surface area contributed by atoms with E-state index < -0.39 is 0 Å². The summed E-state index contributed by atoms with van der Waals surface area (Å²) in [6, 6.07) is 5.82. The van der Waals surface area contributed by atoms with Gasteiger partial charge in [-0.3, -0.25) is 4.79 Å². The van der Waals surface area contributed by atoms with Gasteiger partial charge in [-0.25, -0.2) is 0 Å². The standard InChI is InChI=1S/C13H15BrN2O2S/c1-18-13(17)8-5-6-16(7-8)10-4-2-3-9(14)11(10)12(15)19/h2-4,8H,5-7H2,1H3,(H2,15,19). The average Bonchev–Trinajstić information content (AvgIpc) is 2.86. The van der Waals surface area contributed by atoms with Crippen LogP contribution in [0.25, 0.3) is 0 Å². The third kappa shape index (κ3) is 2.90. The number of esters is 1. The summed E-state index contributed by atoms with van der Waals surface area (Å²) in [6.45, 7) is 1.44. The summed E-state index contributed by atoms with van der Waals surface area (Å²) in [5.74, 6) is -0.238. The van der Waals surface area contributed by atoms with E-state index in [4.69, 9.17) is 22.7 Å². The molecule has 19 heavy (non-hydrogen) atoms. The summed E-state index contributed by atoms with van der Waals surface area (Å²) >= 11 is 8.57. The molecule has 1 aliphatic heterocycles. The largest absolute Gasteiger partial charge is 0.469 e. The number of nitrogens with zero attached hydrogens (tertiary/aromatic N) is 1. The molecule has 1 aliphatic rings. The minimum absolute atomic E-state index is 0.0804. The highest BCUT2D eigenvalue weighted by Gasteiger charge is 2.30. The number of hydrogen-bond acceptors (Lipinski definition) is 4. The monoisotopic (exact) mass is 342 g/mol. The van der Waals surface area contributed by atoms with Crippen molar-refractivity contribution in [3.05, 3.63) is 28.2 Å². The molecule has 4 nitrogen and oxygen atoms in total. The first-order valence-corrected chi connectivity index (χ1v) is 7.15. The Hall–Kier alpha value is -1.14. The first-order chi connectivity index (χ1) is 9.04. The van der Waals surface area contributed by atoms with E-state index in [0.717, 1.165) is 28.7 Å². The van der Waals surface area contributed by atoms with Gasteiger partial charge in [0.1, 0.15) is 4.99 Å². The maximum absolute atomic E-state index is 11.6. The first-order valence-electron chi connectivity index (χ1n) is 5.95. The maximum Gasteiger partial charge on any atom is 0.310 e. The third-order valence-corrected chi connectivity index (χ3v) is 4.17. The summed E-state index contributed by atoms with van der Waals surface area (Å²) in [5.41, 5.74) is 7.58. The SMILES string of the molecule is COC(=O)C1CCN(c2cccc(Br)c2C(N)=S)C1. The predicted octanol–water partition coefficient (Wildman–Crippen LogP) is 2.08. The molecule has 0 aliphatic carbocycles. The summed E-state index contributed by atoms with van der Waals surface area (Å²) in [7, 11) is 1.42. The van der Waals surface area contributed by atoms with Crippen molar-refractivity contribution in [2.75, 3.05) is 25.1 Å². The lowest BCUT2D eigenvalue weighted by molar-refractivity contribution is -0.144. The minimum atomic E-state index is -0.158. The number of nitrogens with two attached hydrogens (primary N) is 1. The van der Waals surface area contributed by atoms with Crippen LogP contribution < -0.4 is 10.6 Å². The van der Waals surface area contributed by atoms with Crippen molar-refractivity contribution in [3.8, 4) is 0 Å². The number of carbonyl (C=O) groups is 1. The van der Waals surface area contributed by atoms with Crippen LogP contribution in [-0.4, -0.2) is 31.2 Å². The molecule has 1 atom stereocenters. The Kier molecular flexibility index (Phi) is 4.42. The Morgan fingerprint density at radius 3 is 2.95 bits per heavy atom. The highest BCUT2D eigenvalue weighted by Crippen LogP contribution is 2.31. The van der Waals surface area contributed by atoms with Crippen molar-refractivity contribution >= 4 is 44.8 Å². The molecule has 0 amide bonds. The van der Waals surface area contributed by atoms with Crippen molar-refractivity contribution in [1.29, 1.82) is 0 Å². The zero-order valence-corrected chi connectivity index (χ0v) is 13.0. The molecular weight excluding hydrogens is 328 g/mol. The molecule has 1 heterocycles. The predicted molar refractivity (Wildman–Crippen MR) is 82.4 cm³/mol. The molecule has 1 unspecified atom stereocenters. The van der Waals surface area contributed by atoms with Crippen LogP contribution in [0.3, 0.4) is 0 Å². The quantitative estimate of drug-likeness (QED) is 0.673. The highest BCUT2D eigenvalue weighted by atomic mass is 79.9. The minimum Gasteiger partial charge on any atom is -0.469 e. The van der Waals surface area contributed by atoms with E-state index in [1.54, 1.807) is 0 Å². The van der Waals surface area contributed by atoms with Crippen LogP contribution in [0.5, 0.6) is 0 Å². The van der Waals surface area contributed by atoms with E-state index in [9.17, 15) is 4.79 Å². The second kappa shape index (κ2) is 5.88. The lowest BCUT2D eigenvalue weighted by atomic mass is 10.1. The summed E-state index contributed by atoms with van der Waals surface area (Å²) in [5, 5.41) is 0. The van der Waals surface area contributed by atoms with Crippen molar-refractivity contribution in [1.82, 2.24) is 0 Å². The van der Waals surface area contributed by atoms with Gasteiger partial charge in [0.05, 0.1) is 13.0 Å². The van der Waals surface area contributed by atoms with Gasteiger partial charge in [-0.1, -0.05) is 18.3 Å². The van der Waals surface area contributed by atoms with E-state index in [1.807, 2.05) is 18.2 Å². The number of carbonyl (C=O) groups excluding carboxylic acids is 1. The van der Waals surface area contributed by atoms with Gasteiger partial charge in [0.2, 0.25) is 0 Å². The van der Waals surface area contributed by atoms with Crippen molar-refractivity contribution in [2.45, 2.75) is 6.42 Å². The Bertz CT molecular complexity index is 521. The van der Waals surface area contributed by atoms with Crippen molar-refractivity contribution < 1.29 is 9.53 Å². The number of methoxy groups -OCH3 is 1. The molecule has 1 aromatic rings. The number of ether oxygens (including phenoxy) is 1. The smallest absolute Gasteiger partial charge is 0.310 e. The second-order valence-corrected chi connectivity index (χ2v) is 5.75. The van der Waals surface area contributed by atoms with Crippen LogP contribution in [-0.2, 0) is 9.53 Å². The van der Waals surface area contributed by atoms with Crippen molar-refractivity contribution in [3.63, 3.8) is 0 Å². The molecule has 2 N–H and O–H groups in total. The first kappa shape index (κ1) is 14.3. The van der Waals surface area contributed by atoms with Gasteiger partial charge in [-0.2, -0.15) is 0 Å². The van der Waals surface area contributed by atoms with Crippen LogP contribution in [0.1, 0.15) is 12.0 Å². The summed E-state index contributed by atoms with van der Waals surface area (Å²) < 4.78 is 5.67. The number of anilines is 1. The molecule has 1 fully saturated rings. The molecule has 2 rings (SSSR count). The number of hydrogen-bond donors (Lipinski definition) is 1. The summed E-state index contributed by atoms with van der Waals surface area (Å²) in [6.07, 6.45) is 0.788. The zero-order chi connectivity index (χ0) is 14.0. The molecular formula is C13H15BrN2O2S. The van der Waals surface area contributed by atoms with Gasteiger partial charge >= 0.3 is 5.97 Å². The van der Waals surface area contributed by atoms with Gasteiger partial charge in [0.25, 0.3) is 0 Å². The van der Waals surface area contributed by atoms with E-state index in [1.165, 1.54) is 7.11 Å².